The fourth-order valence-corrected chi connectivity index (χ4v) is 2.47. The summed E-state index contributed by atoms with van der Waals surface area (Å²) in [7, 11) is 2.20. The summed E-state index contributed by atoms with van der Waals surface area (Å²) >= 11 is 0. The SMILES string of the molecule is C=CCn1cc(C)nc1NCC1CCN(C)CC1. The Morgan fingerprint density at radius 1 is 1.50 bits per heavy atom. The monoisotopic (exact) mass is 248 g/mol. The molecule has 0 bridgehead atoms. The molecule has 1 aliphatic rings. The van der Waals surface area contributed by atoms with Crippen molar-refractivity contribution in [3.63, 3.8) is 0 Å². The Kier molecular flexibility index (Phi) is 4.42. The van der Waals surface area contributed by atoms with E-state index >= 15 is 0 Å². The van der Waals surface area contributed by atoms with Gasteiger partial charge in [0.2, 0.25) is 5.95 Å². The minimum atomic E-state index is 0.774. The third kappa shape index (κ3) is 3.35. The van der Waals surface area contributed by atoms with Crippen molar-refractivity contribution in [1.82, 2.24) is 14.5 Å². The van der Waals surface area contributed by atoms with Gasteiger partial charge in [-0.3, -0.25) is 0 Å². The van der Waals surface area contributed by atoms with Crippen LogP contribution in [0.15, 0.2) is 18.9 Å². The van der Waals surface area contributed by atoms with Crippen LogP contribution in [0.25, 0.3) is 0 Å². The Labute approximate surface area is 110 Å². The zero-order chi connectivity index (χ0) is 13.0. The first kappa shape index (κ1) is 13.1. The molecule has 0 aliphatic carbocycles. The quantitative estimate of drug-likeness (QED) is 0.810. The van der Waals surface area contributed by atoms with Crippen LogP contribution >= 0.6 is 0 Å². The number of rotatable bonds is 5. The molecule has 0 spiro atoms. The van der Waals surface area contributed by atoms with Crippen molar-refractivity contribution in [1.29, 1.82) is 0 Å². The van der Waals surface area contributed by atoms with Crippen molar-refractivity contribution < 1.29 is 0 Å². The third-order valence-electron chi connectivity index (χ3n) is 3.61. The minimum absolute atomic E-state index is 0.774. The first-order chi connectivity index (χ1) is 8.69. The molecular formula is C14H24N4. The van der Waals surface area contributed by atoms with Crippen LogP contribution in [-0.4, -0.2) is 41.1 Å². The standard InChI is InChI=1S/C14H24N4/c1-4-7-18-11-12(2)16-14(18)15-10-13-5-8-17(3)9-6-13/h4,11,13H,1,5-10H2,2-3H3,(H,15,16). The summed E-state index contributed by atoms with van der Waals surface area (Å²) in [5.74, 6) is 1.75. The molecule has 0 saturated carbocycles. The van der Waals surface area contributed by atoms with E-state index in [1.807, 2.05) is 13.0 Å². The van der Waals surface area contributed by atoms with Crippen molar-refractivity contribution in [2.24, 2.45) is 5.92 Å². The highest BCUT2D eigenvalue weighted by Gasteiger charge is 2.17. The van der Waals surface area contributed by atoms with Crippen molar-refractivity contribution in [3.05, 3.63) is 24.5 Å². The summed E-state index contributed by atoms with van der Waals surface area (Å²) in [6.45, 7) is 10.1. The van der Waals surface area contributed by atoms with Crippen LogP contribution < -0.4 is 5.32 Å². The second-order valence-corrected chi connectivity index (χ2v) is 5.27. The summed E-state index contributed by atoms with van der Waals surface area (Å²) in [5.41, 5.74) is 1.06. The fourth-order valence-electron chi connectivity index (χ4n) is 2.47. The maximum absolute atomic E-state index is 4.52. The van der Waals surface area contributed by atoms with Gasteiger partial charge in [0.15, 0.2) is 0 Å². The molecular weight excluding hydrogens is 224 g/mol. The molecule has 0 atom stereocenters. The predicted molar refractivity (Wildman–Crippen MR) is 75.9 cm³/mol. The maximum Gasteiger partial charge on any atom is 0.203 e. The maximum atomic E-state index is 4.52. The van der Waals surface area contributed by atoms with Gasteiger partial charge in [-0.1, -0.05) is 6.08 Å². The van der Waals surface area contributed by atoms with Crippen LogP contribution in [0.3, 0.4) is 0 Å². The van der Waals surface area contributed by atoms with E-state index in [9.17, 15) is 0 Å². The van der Waals surface area contributed by atoms with E-state index in [0.29, 0.717) is 0 Å². The molecule has 1 aliphatic heterocycles. The Hall–Kier alpha value is -1.29. The zero-order valence-electron chi connectivity index (χ0n) is 11.5. The zero-order valence-corrected chi connectivity index (χ0v) is 11.5. The Morgan fingerprint density at radius 3 is 2.89 bits per heavy atom. The van der Waals surface area contributed by atoms with Crippen LogP contribution in [0, 0.1) is 12.8 Å². The molecule has 4 heteroatoms. The number of likely N-dealkylation sites (tertiary alicyclic amines) is 1. The molecule has 1 N–H and O–H groups in total. The topological polar surface area (TPSA) is 33.1 Å². The fraction of sp³-hybridized carbons (Fsp3) is 0.643. The van der Waals surface area contributed by atoms with Crippen LogP contribution in [0.2, 0.25) is 0 Å². The van der Waals surface area contributed by atoms with Crippen LogP contribution in [0.5, 0.6) is 0 Å². The van der Waals surface area contributed by atoms with Gasteiger partial charge in [-0.25, -0.2) is 4.98 Å². The number of allylic oxidation sites excluding steroid dienone is 1. The van der Waals surface area contributed by atoms with E-state index in [1.54, 1.807) is 0 Å². The lowest BCUT2D eigenvalue weighted by molar-refractivity contribution is 0.226. The van der Waals surface area contributed by atoms with Gasteiger partial charge in [-0.15, -0.1) is 6.58 Å². The highest BCUT2D eigenvalue weighted by atomic mass is 15.2. The first-order valence-electron chi connectivity index (χ1n) is 6.76. The van der Waals surface area contributed by atoms with E-state index in [4.69, 9.17) is 0 Å². The molecule has 2 rings (SSSR count). The molecule has 1 saturated heterocycles. The molecule has 1 aromatic rings. The van der Waals surface area contributed by atoms with E-state index in [0.717, 1.165) is 30.6 Å². The molecule has 1 aromatic heterocycles. The van der Waals surface area contributed by atoms with Crippen molar-refractivity contribution in [2.45, 2.75) is 26.3 Å². The number of aromatic nitrogens is 2. The van der Waals surface area contributed by atoms with E-state index in [2.05, 4.69) is 39.6 Å². The molecule has 1 fully saturated rings. The predicted octanol–water partition coefficient (Wildman–Crippen LogP) is 2.13. The largest absolute Gasteiger partial charge is 0.355 e. The van der Waals surface area contributed by atoms with Gasteiger partial charge in [0.1, 0.15) is 0 Å². The number of imidazole rings is 1. The first-order valence-corrected chi connectivity index (χ1v) is 6.76. The number of anilines is 1. The van der Waals surface area contributed by atoms with Gasteiger partial charge in [-0.05, 0) is 45.8 Å². The minimum Gasteiger partial charge on any atom is -0.355 e. The molecule has 2 heterocycles. The molecule has 4 nitrogen and oxygen atoms in total. The molecule has 0 aromatic carbocycles. The second kappa shape index (κ2) is 6.05. The molecule has 0 amide bonds. The van der Waals surface area contributed by atoms with Crippen molar-refractivity contribution >= 4 is 5.95 Å². The Morgan fingerprint density at radius 2 is 2.22 bits per heavy atom. The smallest absolute Gasteiger partial charge is 0.203 e. The highest BCUT2D eigenvalue weighted by Crippen LogP contribution is 2.17. The average molecular weight is 248 g/mol. The third-order valence-corrected chi connectivity index (χ3v) is 3.61. The summed E-state index contributed by atoms with van der Waals surface area (Å²) in [4.78, 5) is 6.92. The van der Waals surface area contributed by atoms with Gasteiger partial charge >= 0.3 is 0 Å². The number of hydrogen-bond donors (Lipinski definition) is 1. The normalized spacial score (nSPS) is 17.9. The van der Waals surface area contributed by atoms with Gasteiger partial charge in [-0.2, -0.15) is 0 Å². The van der Waals surface area contributed by atoms with E-state index in [-0.39, 0.29) is 0 Å². The number of piperidine rings is 1. The van der Waals surface area contributed by atoms with Gasteiger partial charge in [0, 0.05) is 19.3 Å². The van der Waals surface area contributed by atoms with Crippen LogP contribution in [0.4, 0.5) is 5.95 Å². The summed E-state index contributed by atoms with van der Waals surface area (Å²) in [6, 6.07) is 0. The summed E-state index contributed by atoms with van der Waals surface area (Å²) < 4.78 is 2.12. The van der Waals surface area contributed by atoms with E-state index < -0.39 is 0 Å². The van der Waals surface area contributed by atoms with Gasteiger partial charge in [0.05, 0.1) is 5.69 Å². The summed E-state index contributed by atoms with van der Waals surface area (Å²) in [6.07, 6.45) is 6.54. The second-order valence-electron chi connectivity index (χ2n) is 5.27. The average Bonchev–Trinajstić information content (AvgIpc) is 2.70. The van der Waals surface area contributed by atoms with Crippen LogP contribution in [0.1, 0.15) is 18.5 Å². The highest BCUT2D eigenvalue weighted by molar-refractivity contribution is 5.29. The number of nitrogens with one attached hydrogen (secondary N) is 1. The lowest BCUT2D eigenvalue weighted by Crippen LogP contribution is -2.33. The lowest BCUT2D eigenvalue weighted by atomic mass is 9.97. The van der Waals surface area contributed by atoms with Crippen LogP contribution in [-0.2, 0) is 6.54 Å². The van der Waals surface area contributed by atoms with Crippen molar-refractivity contribution in [2.75, 3.05) is 32.0 Å². The molecule has 0 unspecified atom stereocenters. The van der Waals surface area contributed by atoms with E-state index in [1.165, 1.54) is 25.9 Å². The molecule has 100 valence electrons. The Bertz CT molecular complexity index is 388. The number of aryl methyl sites for hydroxylation is 1. The van der Waals surface area contributed by atoms with Gasteiger partial charge in [0.25, 0.3) is 0 Å². The van der Waals surface area contributed by atoms with Gasteiger partial charge < -0.3 is 14.8 Å². The molecule has 0 radical (unpaired) electrons. The number of hydrogen-bond acceptors (Lipinski definition) is 3. The van der Waals surface area contributed by atoms with Crippen molar-refractivity contribution in [3.8, 4) is 0 Å². The molecule has 18 heavy (non-hydrogen) atoms. The lowest BCUT2D eigenvalue weighted by Gasteiger charge is -2.29. The number of nitrogens with zero attached hydrogens (tertiary/aromatic N) is 3. The summed E-state index contributed by atoms with van der Waals surface area (Å²) in [5, 5.41) is 3.49. The Balaban J connectivity index is 1.87.